The number of carbonyl (C=O) groups is 1. The number of nitrogens with zero attached hydrogens (tertiary/aromatic N) is 10. The van der Waals surface area contributed by atoms with E-state index in [4.69, 9.17) is 14.4 Å². The van der Waals surface area contributed by atoms with E-state index in [0.717, 1.165) is 39.7 Å². The van der Waals surface area contributed by atoms with Gasteiger partial charge in [-0.3, -0.25) is 28.1 Å². The first-order valence-corrected chi connectivity index (χ1v) is 21.2. The number of rotatable bonds is 7. The lowest BCUT2D eigenvalue weighted by atomic mass is 10.1. The van der Waals surface area contributed by atoms with Crippen LogP contribution in [0.1, 0.15) is 65.9 Å². The lowest BCUT2D eigenvalue weighted by Crippen LogP contribution is -2.48. The van der Waals surface area contributed by atoms with Crippen molar-refractivity contribution in [3.63, 3.8) is 0 Å². The molecule has 0 radical (unpaired) electrons. The molecule has 11 rings (SSSR count). The van der Waals surface area contributed by atoms with Gasteiger partial charge in [-0.1, -0.05) is 12.1 Å². The summed E-state index contributed by atoms with van der Waals surface area (Å²) in [6.07, 6.45) is 6.21. The first kappa shape index (κ1) is 38.9. The Kier molecular flexibility index (Phi) is 8.48. The van der Waals surface area contributed by atoms with Crippen molar-refractivity contribution in [2.45, 2.75) is 65.1 Å². The zero-order valence-corrected chi connectivity index (χ0v) is 35.8. The molecule has 3 aliphatic rings. The van der Waals surface area contributed by atoms with Crippen LogP contribution in [-0.4, -0.2) is 86.1 Å². The second-order valence-corrected chi connectivity index (χ2v) is 18.0. The van der Waals surface area contributed by atoms with Crippen molar-refractivity contribution in [3.05, 3.63) is 134 Å². The molecule has 1 saturated heterocycles. The van der Waals surface area contributed by atoms with E-state index in [1.807, 2.05) is 41.9 Å². The van der Waals surface area contributed by atoms with Gasteiger partial charge in [0.15, 0.2) is 5.82 Å². The number of aryl methyl sites for hydroxylation is 3. The number of amides is 1. The van der Waals surface area contributed by atoms with Gasteiger partial charge in [-0.05, 0) is 106 Å². The quantitative estimate of drug-likeness (QED) is 0.213. The highest BCUT2D eigenvalue weighted by atomic mass is 19.1. The summed E-state index contributed by atoms with van der Waals surface area (Å²) in [6, 6.07) is 17.3. The molecule has 2 aliphatic heterocycles. The molecular weight excluding hydrogens is 806 g/mol. The zero-order valence-electron chi connectivity index (χ0n) is 35.8. The predicted octanol–water partition coefficient (Wildman–Crippen LogP) is 5.68. The average molecular weight is 852 g/mol. The number of hydrogen-bond acceptors (Lipinski definition) is 9. The van der Waals surface area contributed by atoms with E-state index in [0.29, 0.717) is 77.9 Å². The highest BCUT2D eigenvalue weighted by Gasteiger charge is 2.59. The van der Waals surface area contributed by atoms with E-state index in [2.05, 4.69) is 53.0 Å². The Bertz CT molecular complexity index is 3280. The lowest BCUT2D eigenvalue weighted by Gasteiger charge is -2.39. The molecule has 0 bridgehead atoms. The summed E-state index contributed by atoms with van der Waals surface area (Å²) in [4.78, 5) is 49.2. The Labute approximate surface area is 359 Å². The van der Waals surface area contributed by atoms with Gasteiger partial charge in [0, 0.05) is 73.0 Å². The van der Waals surface area contributed by atoms with Gasteiger partial charge < -0.3 is 19.1 Å². The fourth-order valence-corrected chi connectivity index (χ4v) is 10.00. The van der Waals surface area contributed by atoms with Crippen LogP contribution in [0.4, 0.5) is 10.1 Å². The Balaban J connectivity index is 1.03. The molecule has 2 atom stereocenters. The molecule has 3 aromatic carbocycles. The summed E-state index contributed by atoms with van der Waals surface area (Å²) in [5.74, 6) is -0.340. The van der Waals surface area contributed by atoms with Crippen LogP contribution in [0.3, 0.4) is 0 Å². The molecule has 63 heavy (non-hydrogen) atoms. The molecule has 0 spiro atoms. The fraction of sp³-hybridized carbons (Fsp3) is 0.348. The van der Waals surface area contributed by atoms with Crippen LogP contribution in [0, 0.1) is 25.6 Å². The van der Waals surface area contributed by atoms with E-state index < -0.39 is 11.3 Å². The summed E-state index contributed by atoms with van der Waals surface area (Å²) < 4.78 is 34.7. The maximum Gasteiger partial charge on any atom is 0.438 e. The van der Waals surface area contributed by atoms with Gasteiger partial charge in [-0.2, -0.15) is 10.2 Å². The minimum absolute atomic E-state index is 0.0234. The molecule has 16 nitrogen and oxygen atoms in total. The van der Waals surface area contributed by atoms with E-state index in [9.17, 15) is 9.59 Å². The summed E-state index contributed by atoms with van der Waals surface area (Å²) in [6.45, 7) is 12.2. The number of ether oxygens (including phenoxy) is 1. The Hall–Kier alpha value is -7.01. The number of imidazole rings is 1. The van der Waals surface area contributed by atoms with Gasteiger partial charge in [0.05, 0.1) is 47.5 Å². The number of halogens is 1. The molecule has 1 amide bonds. The van der Waals surface area contributed by atoms with Crippen molar-refractivity contribution >= 4 is 33.4 Å². The number of benzene rings is 3. The molecule has 1 saturated carbocycles. The summed E-state index contributed by atoms with van der Waals surface area (Å²) in [7, 11) is 1.87. The number of fused-ring (bicyclic) bond motifs is 3. The van der Waals surface area contributed by atoms with Gasteiger partial charge in [-0.25, -0.2) is 18.7 Å². The molecule has 7 heterocycles. The Morgan fingerprint density at radius 1 is 0.921 bits per heavy atom. The topological polar surface area (TPSA) is 159 Å². The molecule has 1 N–H and O–H groups in total. The van der Waals surface area contributed by atoms with Crippen molar-refractivity contribution in [1.82, 2.24) is 48.3 Å². The third-order valence-electron chi connectivity index (χ3n) is 13.3. The van der Waals surface area contributed by atoms with Crippen LogP contribution in [0.15, 0.2) is 87.3 Å². The van der Waals surface area contributed by atoms with Crippen LogP contribution in [0.25, 0.3) is 39.0 Å². The SMILES string of the molecule is Cc1cc(-n2nc3c(c2-n2ccn(-c4ccc5c(cnn5C)c4)c2=O)CN(C(=O)c2cc4cc(N5CCOC(C)(C)C5)ccc4n2[C@@]2(c4noc(=O)[nH]4)C[C@H]2C)CC3)cc(C)c1F. The number of H-pyrrole nitrogens is 1. The molecule has 322 valence electrons. The van der Waals surface area contributed by atoms with Crippen molar-refractivity contribution in [1.29, 1.82) is 0 Å². The van der Waals surface area contributed by atoms with E-state index in [1.165, 1.54) is 0 Å². The molecule has 5 aromatic heterocycles. The highest BCUT2D eigenvalue weighted by Crippen LogP contribution is 2.56. The van der Waals surface area contributed by atoms with E-state index in [1.54, 1.807) is 68.0 Å². The monoisotopic (exact) mass is 851 g/mol. The summed E-state index contributed by atoms with van der Waals surface area (Å²) in [5, 5.41) is 15.4. The molecule has 8 aromatic rings. The second-order valence-electron chi connectivity index (χ2n) is 18.0. The van der Waals surface area contributed by atoms with Crippen molar-refractivity contribution in [3.8, 4) is 17.2 Å². The average Bonchev–Trinajstić information content (AvgIpc) is 3.88. The number of morpholine rings is 1. The standard InChI is InChI=1S/C46H46FN11O5/c1-26-17-33(18-27(2)39(26)47)58-40(56-14-13-55(44(56)61)32-8-9-36-30(20-32)23-48-52(36)6)34-24-53(12-11-35(34)50-58)41(59)38-21-29-19-31(54-15-16-62-45(4,5)25-54)7-10-37(29)57(38)46(22-28(46)3)42-49-43(60)63-51-42/h7-10,13-14,17-21,23,28H,11-12,15-16,22,24-25H2,1-6H3,(H,49,51,60)/t28-,46+/m1/s1. The Morgan fingerprint density at radius 2 is 1.65 bits per heavy atom. The minimum atomic E-state index is -0.828. The van der Waals surface area contributed by atoms with Crippen molar-refractivity contribution < 1.29 is 18.4 Å². The van der Waals surface area contributed by atoms with Crippen LogP contribution < -0.4 is 16.3 Å². The molecule has 0 unspecified atom stereocenters. The van der Waals surface area contributed by atoms with Gasteiger partial charge in [0.1, 0.15) is 22.9 Å². The van der Waals surface area contributed by atoms with Crippen molar-refractivity contribution in [2.75, 3.05) is 31.1 Å². The highest BCUT2D eigenvalue weighted by molar-refractivity contribution is 6.00. The third-order valence-corrected chi connectivity index (χ3v) is 13.3. The lowest BCUT2D eigenvalue weighted by molar-refractivity contribution is -0.0276. The zero-order chi connectivity index (χ0) is 43.7. The van der Waals surface area contributed by atoms with Gasteiger partial charge in [0.2, 0.25) is 0 Å². The number of aromatic amines is 1. The number of anilines is 1. The normalized spacial score (nSPS) is 19.6. The number of nitrogens with one attached hydrogen (secondary N) is 1. The summed E-state index contributed by atoms with van der Waals surface area (Å²) in [5.41, 5.74) is 5.31. The van der Waals surface area contributed by atoms with Crippen LogP contribution in [-0.2, 0) is 30.3 Å². The van der Waals surface area contributed by atoms with Gasteiger partial charge in [-0.15, -0.1) is 0 Å². The fourth-order valence-electron chi connectivity index (χ4n) is 10.00. The van der Waals surface area contributed by atoms with Crippen molar-refractivity contribution in [2.24, 2.45) is 13.0 Å². The first-order chi connectivity index (χ1) is 30.2. The van der Waals surface area contributed by atoms with E-state index in [-0.39, 0.29) is 35.5 Å². The smallest absolute Gasteiger partial charge is 0.372 e. The van der Waals surface area contributed by atoms with Crippen LogP contribution in [0.5, 0.6) is 0 Å². The number of aromatic nitrogens is 9. The summed E-state index contributed by atoms with van der Waals surface area (Å²) >= 11 is 0. The number of hydrogen-bond donors (Lipinski definition) is 1. The molecule has 17 heteroatoms. The first-order valence-electron chi connectivity index (χ1n) is 21.2. The van der Waals surface area contributed by atoms with Gasteiger partial charge >= 0.3 is 11.4 Å². The number of carbonyl (C=O) groups excluding carboxylic acids is 1. The Morgan fingerprint density at radius 3 is 2.38 bits per heavy atom. The molecule has 1 aliphatic carbocycles. The minimum Gasteiger partial charge on any atom is -0.372 e. The predicted molar refractivity (Wildman–Crippen MR) is 233 cm³/mol. The maximum atomic E-state index is 15.3. The molecular formula is C46H46FN11O5. The largest absolute Gasteiger partial charge is 0.438 e. The second kappa shape index (κ2) is 13.7. The third kappa shape index (κ3) is 6.03. The van der Waals surface area contributed by atoms with Crippen LogP contribution in [0.2, 0.25) is 0 Å². The van der Waals surface area contributed by atoms with Gasteiger partial charge in [0.25, 0.3) is 5.91 Å². The maximum absolute atomic E-state index is 15.3. The van der Waals surface area contributed by atoms with E-state index >= 15 is 9.18 Å². The molecule has 2 fully saturated rings. The van der Waals surface area contributed by atoms with Crippen LogP contribution >= 0.6 is 0 Å².